The molecule has 6 heteroatoms. The summed E-state index contributed by atoms with van der Waals surface area (Å²) < 4.78 is 11.8. The van der Waals surface area contributed by atoms with Gasteiger partial charge in [-0.25, -0.2) is 9.48 Å². The SMILES string of the molecule is COC(=O)c1nn(-c2ccc(OC)cc2)c2c1CNCC2. The predicted octanol–water partition coefficient (Wildman–Crippen LogP) is 1.31. The molecule has 0 saturated heterocycles. The van der Waals surface area contributed by atoms with E-state index < -0.39 is 5.97 Å². The number of hydrogen-bond donors (Lipinski definition) is 1. The van der Waals surface area contributed by atoms with Crippen LogP contribution in [0.25, 0.3) is 5.69 Å². The third-order valence-electron chi connectivity index (χ3n) is 3.63. The number of aromatic nitrogens is 2. The third-order valence-corrected chi connectivity index (χ3v) is 3.63. The van der Waals surface area contributed by atoms with E-state index in [-0.39, 0.29) is 0 Å². The van der Waals surface area contributed by atoms with E-state index in [0.717, 1.165) is 35.7 Å². The molecular weight excluding hydrogens is 270 g/mol. The van der Waals surface area contributed by atoms with Crippen LogP contribution >= 0.6 is 0 Å². The quantitative estimate of drug-likeness (QED) is 0.862. The molecule has 0 radical (unpaired) electrons. The number of carbonyl (C=O) groups is 1. The highest BCUT2D eigenvalue weighted by Crippen LogP contribution is 2.23. The Morgan fingerprint density at radius 3 is 2.71 bits per heavy atom. The van der Waals surface area contributed by atoms with Crippen LogP contribution in [0.15, 0.2) is 24.3 Å². The van der Waals surface area contributed by atoms with Crippen molar-refractivity contribution >= 4 is 5.97 Å². The molecule has 0 spiro atoms. The predicted molar refractivity (Wildman–Crippen MR) is 76.9 cm³/mol. The van der Waals surface area contributed by atoms with Crippen LogP contribution < -0.4 is 10.1 Å². The standard InChI is InChI=1S/C15H17N3O3/c1-20-11-5-3-10(4-6-11)18-13-7-8-16-9-12(13)14(17-18)15(19)21-2/h3-6,16H,7-9H2,1-2H3. The average Bonchev–Trinajstić information content (AvgIpc) is 2.94. The highest BCUT2D eigenvalue weighted by Gasteiger charge is 2.25. The van der Waals surface area contributed by atoms with E-state index >= 15 is 0 Å². The van der Waals surface area contributed by atoms with Crippen LogP contribution in [0.2, 0.25) is 0 Å². The van der Waals surface area contributed by atoms with Crippen LogP contribution in [0.5, 0.6) is 5.75 Å². The van der Waals surface area contributed by atoms with Crippen molar-refractivity contribution in [2.75, 3.05) is 20.8 Å². The van der Waals surface area contributed by atoms with E-state index in [1.807, 2.05) is 28.9 Å². The fraction of sp³-hybridized carbons (Fsp3) is 0.333. The van der Waals surface area contributed by atoms with E-state index in [2.05, 4.69) is 10.4 Å². The van der Waals surface area contributed by atoms with Gasteiger partial charge >= 0.3 is 5.97 Å². The van der Waals surface area contributed by atoms with Crippen LogP contribution in [0, 0.1) is 0 Å². The topological polar surface area (TPSA) is 65.4 Å². The minimum atomic E-state index is -0.401. The minimum absolute atomic E-state index is 0.385. The van der Waals surface area contributed by atoms with Gasteiger partial charge in [-0.2, -0.15) is 5.10 Å². The van der Waals surface area contributed by atoms with Gasteiger partial charge in [-0.3, -0.25) is 0 Å². The van der Waals surface area contributed by atoms with Crippen molar-refractivity contribution in [3.63, 3.8) is 0 Å². The van der Waals surface area contributed by atoms with Gasteiger partial charge in [0, 0.05) is 25.1 Å². The number of esters is 1. The van der Waals surface area contributed by atoms with Crippen LogP contribution in [-0.4, -0.2) is 36.5 Å². The van der Waals surface area contributed by atoms with Gasteiger partial charge in [0.1, 0.15) is 5.75 Å². The molecule has 1 aromatic carbocycles. The summed E-state index contributed by atoms with van der Waals surface area (Å²) in [5, 5.41) is 7.71. The zero-order valence-corrected chi connectivity index (χ0v) is 12.0. The largest absolute Gasteiger partial charge is 0.497 e. The number of nitrogens with zero attached hydrogens (tertiary/aromatic N) is 2. The average molecular weight is 287 g/mol. The van der Waals surface area contributed by atoms with Crippen molar-refractivity contribution in [3.05, 3.63) is 41.2 Å². The summed E-state index contributed by atoms with van der Waals surface area (Å²) in [6, 6.07) is 7.61. The lowest BCUT2D eigenvalue weighted by Crippen LogP contribution is -2.25. The summed E-state index contributed by atoms with van der Waals surface area (Å²) in [6.45, 7) is 1.51. The second-order valence-electron chi connectivity index (χ2n) is 4.80. The first-order chi connectivity index (χ1) is 10.2. The number of nitrogens with one attached hydrogen (secondary N) is 1. The number of benzene rings is 1. The maximum absolute atomic E-state index is 11.9. The summed E-state index contributed by atoms with van der Waals surface area (Å²) in [6.07, 6.45) is 0.825. The molecule has 0 amide bonds. The van der Waals surface area contributed by atoms with E-state index in [9.17, 15) is 4.79 Å². The summed E-state index contributed by atoms with van der Waals surface area (Å²) in [5.74, 6) is 0.386. The molecule has 1 N–H and O–H groups in total. The van der Waals surface area contributed by atoms with Gasteiger partial charge < -0.3 is 14.8 Å². The van der Waals surface area contributed by atoms with Crippen molar-refractivity contribution in [1.29, 1.82) is 0 Å². The van der Waals surface area contributed by atoms with Gasteiger partial charge in [-0.1, -0.05) is 0 Å². The van der Waals surface area contributed by atoms with Crippen molar-refractivity contribution < 1.29 is 14.3 Å². The Morgan fingerprint density at radius 2 is 2.05 bits per heavy atom. The van der Waals surface area contributed by atoms with Crippen LogP contribution in [0.4, 0.5) is 0 Å². The summed E-state index contributed by atoms with van der Waals surface area (Å²) in [5.41, 5.74) is 3.27. The van der Waals surface area contributed by atoms with Crippen LogP contribution in [-0.2, 0) is 17.7 Å². The second-order valence-corrected chi connectivity index (χ2v) is 4.80. The zero-order chi connectivity index (χ0) is 14.8. The highest BCUT2D eigenvalue weighted by molar-refractivity contribution is 5.89. The molecule has 1 aliphatic rings. The molecule has 0 atom stereocenters. The summed E-state index contributed by atoms with van der Waals surface area (Å²) >= 11 is 0. The molecular formula is C15H17N3O3. The number of rotatable bonds is 3. The summed E-state index contributed by atoms with van der Waals surface area (Å²) in [4.78, 5) is 11.9. The van der Waals surface area contributed by atoms with E-state index in [4.69, 9.17) is 9.47 Å². The van der Waals surface area contributed by atoms with Crippen molar-refractivity contribution in [2.24, 2.45) is 0 Å². The molecule has 0 fully saturated rings. The molecule has 0 saturated carbocycles. The molecule has 6 nitrogen and oxygen atoms in total. The Balaban J connectivity index is 2.09. The molecule has 1 aliphatic heterocycles. The lowest BCUT2D eigenvalue weighted by molar-refractivity contribution is 0.0592. The Bertz CT molecular complexity index is 662. The van der Waals surface area contributed by atoms with Crippen molar-refractivity contribution in [1.82, 2.24) is 15.1 Å². The fourth-order valence-electron chi connectivity index (χ4n) is 2.55. The van der Waals surface area contributed by atoms with Gasteiger partial charge in [0.05, 0.1) is 25.6 Å². The Hall–Kier alpha value is -2.34. The Morgan fingerprint density at radius 1 is 1.29 bits per heavy atom. The molecule has 2 heterocycles. The lowest BCUT2D eigenvalue weighted by Gasteiger charge is -2.15. The fourth-order valence-corrected chi connectivity index (χ4v) is 2.55. The summed E-state index contributed by atoms with van der Waals surface area (Å²) in [7, 11) is 3.00. The van der Waals surface area contributed by atoms with E-state index in [0.29, 0.717) is 12.2 Å². The molecule has 21 heavy (non-hydrogen) atoms. The molecule has 110 valence electrons. The Labute approximate surface area is 122 Å². The monoisotopic (exact) mass is 287 g/mol. The lowest BCUT2D eigenvalue weighted by atomic mass is 10.1. The number of methoxy groups -OCH3 is 2. The molecule has 2 aromatic rings. The van der Waals surface area contributed by atoms with Gasteiger partial charge in [-0.15, -0.1) is 0 Å². The highest BCUT2D eigenvalue weighted by atomic mass is 16.5. The van der Waals surface area contributed by atoms with Gasteiger partial charge in [0.2, 0.25) is 0 Å². The van der Waals surface area contributed by atoms with Gasteiger partial charge in [-0.05, 0) is 24.3 Å². The minimum Gasteiger partial charge on any atom is -0.497 e. The van der Waals surface area contributed by atoms with Crippen LogP contribution in [0.1, 0.15) is 21.7 Å². The molecule has 0 unspecified atom stereocenters. The van der Waals surface area contributed by atoms with Crippen molar-refractivity contribution in [3.8, 4) is 11.4 Å². The zero-order valence-electron chi connectivity index (χ0n) is 12.0. The van der Waals surface area contributed by atoms with Crippen molar-refractivity contribution in [2.45, 2.75) is 13.0 Å². The Kier molecular flexibility index (Phi) is 3.62. The normalized spacial score (nSPS) is 13.6. The number of ether oxygens (including phenoxy) is 2. The number of fused-ring (bicyclic) bond motifs is 1. The van der Waals surface area contributed by atoms with E-state index in [1.54, 1.807) is 7.11 Å². The molecule has 0 bridgehead atoms. The number of hydrogen-bond acceptors (Lipinski definition) is 5. The smallest absolute Gasteiger partial charge is 0.358 e. The number of carbonyl (C=O) groups excluding carboxylic acids is 1. The second kappa shape index (κ2) is 5.57. The van der Waals surface area contributed by atoms with Gasteiger partial charge in [0.25, 0.3) is 0 Å². The molecule has 1 aromatic heterocycles. The van der Waals surface area contributed by atoms with Gasteiger partial charge in [0.15, 0.2) is 5.69 Å². The third kappa shape index (κ3) is 2.38. The molecule has 3 rings (SSSR count). The van der Waals surface area contributed by atoms with Crippen LogP contribution in [0.3, 0.4) is 0 Å². The molecule has 0 aliphatic carbocycles. The first-order valence-corrected chi connectivity index (χ1v) is 6.79. The first kappa shape index (κ1) is 13.6. The maximum Gasteiger partial charge on any atom is 0.358 e. The van der Waals surface area contributed by atoms with E-state index in [1.165, 1.54) is 7.11 Å². The first-order valence-electron chi connectivity index (χ1n) is 6.79. The maximum atomic E-state index is 11.9.